The zero-order valence-electron chi connectivity index (χ0n) is 10.6. The third-order valence-electron chi connectivity index (χ3n) is 3.67. The van der Waals surface area contributed by atoms with Gasteiger partial charge in [-0.1, -0.05) is 6.92 Å². The molecule has 96 valence electrons. The highest BCUT2D eigenvalue weighted by Gasteiger charge is 2.23. The van der Waals surface area contributed by atoms with Crippen molar-refractivity contribution in [1.29, 1.82) is 0 Å². The van der Waals surface area contributed by atoms with Crippen LogP contribution in [-0.2, 0) is 6.42 Å². The van der Waals surface area contributed by atoms with E-state index in [1.54, 1.807) is 16.6 Å². The van der Waals surface area contributed by atoms with Crippen molar-refractivity contribution in [2.24, 2.45) is 5.92 Å². The Kier molecular flexibility index (Phi) is 2.91. The van der Waals surface area contributed by atoms with Crippen LogP contribution in [0.1, 0.15) is 19.2 Å². The fraction of sp³-hybridized carbons (Fsp3) is 0.538. The summed E-state index contributed by atoms with van der Waals surface area (Å²) in [7, 11) is 0. The van der Waals surface area contributed by atoms with Gasteiger partial charge in [-0.2, -0.15) is 5.10 Å². The minimum Gasteiger partial charge on any atom is -0.504 e. The van der Waals surface area contributed by atoms with Gasteiger partial charge in [0.15, 0.2) is 17.2 Å². The smallest absolute Gasteiger partial charge is 0.197 e. The van der Waals surface area contributed by atoms with Crippen molar-refractivity contribution < 1.29 is 5.11 Å². The lowest BCUT2D eigenvalue weighted by Gasteiger charge is -2.11. The lowest BCUT2D eigenvalue weighted by molar-refractivity contribution is 0.341. The number of likely N-dealkylation sites (tertiary alicyclic amines) is 1. The van der Waals surface area contributed by atoms with Gasteiger partial charge in [0.25, 0.3) is 0 Å². The number of hydrogen-bond donors (Lipinski definition) is 1. The maximum atomic E-state index is 9.69. The number of hydrogen-bond acceptors (Lipinski definition) is 4. The Morgan fingerprint density at radius 3 is 3.11 bits per heavy atom. The van der Waals surface area contributed by atoms with E-state index in [2.05, 4.69) is 21.9 Å². The first-order valence-electron chi connectivity index (χ1n) is 6.52. The van der Waals surface area contributed by atoms with Gasteiger partial charge >= 0.3 is 0 Å². The van der Waals surface area contributed by atoms with E-state index in [0.29, 0.717) is 11.6 Å². The van der Waals surface area contributed by atoms with Crippen molar-refractivity contribution >= 4 is 5.65 Å². The number of fused-ring (bicyclic) bond motifs is 1. The molecule has 1 fully saturated rings. The van der Waals surface area contributed by atoms with E-state index in [9.17, 15) is 5.11 Å². The maximum absolute atomic E-state index is 9.69. The Balaban J connectivity index is 1.77. The Bertz CT molecular complexity index is 551. The third kappa shape index (κ3) is 2.06. The molecule has 5 nitrogen and oxygen atoms in total. The second-order valence-corrected chi connectivity index (χ2v) is 4.94. The van der Waals surface area contributed by atoms with Gasteiger partial charge in [0.1, 0.15) is 0 Å². The maximum Gasteiger partial charge on any atom is 0.197 e. The Morgan fingerprint density at radius 2 is 2.39 bits per heavy atom. The molecular formula is C13H18N4O. The van der Waals surface area contributed by atoms with E-state index < -0.39 is 0 Å². The molecule has 0 spiro atoms. The first-order chi connectivity index (χ1) is 8.76. The largest absolute Gasteiger partial charge is 0.504 e. The molecule has 0 amide bonds. The molecule has 0 bridgehead atoms. The molecule has 18 heavy (non-hydrogen) atoms. The van der Waals surface area contributed by atoms with Crippen molar-refractivity contribution in [2.45, 2.75) is 19.8 Å². The molecule has 2 aromatic heterocycles. The lowest BCUT2D eigenvalue weighted by atomic mass is 10.1. The van der Waals surface area contributed by atoms with Crippen LogP contribution in [0.4, 0.5) is 0 Å². The van der Waals surface area contributed by atoms with E-state index in [1.165, 1.54) is 13.0 Å². The summed E-state index contributed by atoms with van der Waals surface area (Å²) in [4.78, 5) is 6.87. The minimum atomic E-state index is 0.192. The second-order valence-electron chi connectivity index (χ2n) is 4.94. The van der Waals surface area contributed by atoms with Gasteiger partial charge < -0.3 is 10.0 Å². The first kappa shape index (κ1) is 11.5. The van der Waals surface area contributed by atoms with Crippen LogP contribution in [-0.4, -0.2) is 44.2 Å². The Hall–Kier alpha value is -1.62. The fourth-order valence-corrected chi connectivity index (χ4v) is 2.65. The van der Waals surface area contributed by atoms with Gasteiger partial charge in [-0.05, 0) is 37.6 Å². The lowest BCUT2D eigenvalue weighted by Crippen LogP contribution is -2.20. The SMILES string of the molecule is CCN1CCC(Cc2nc3c(O)cccn3n2)C1. The zero-order chi connectivity index (χ0) is 12.5. The highest BCUT2D eigenvalue weighted by molar-refractivity contribution is 5.51. The van der Waals surface area contributed by atoms with Crippen LogP contribution in [0, 0.1) is 5.92 Å². The van der Waals surface area contributed by atoms with Crippen molar-refractivity contribution in [2.75, 3.05) is 19.6 Å². The summed E-state index contributed by atoms with van der Waals surface area (Å²) in [6, 6.07) is 3.41. The Labute approximate surface area is 106 Å². The van der Waals surface area contributed by atoms with Crippen LogP contribution in [0.25, 0.3) is 5.65 Å². The summed E-state index contributed by atoms with van der Waals surface area (Å²) in [6.07, 6.45) is 3.94. The molecule has 0 aromatic carbocycles. The summed E-state index contributed by atoms with van der Waals surface area (Å²) in [5.74, 6) is 1.67. The van der Waals surface area contributed by atoms with Crippen molar-refractivity contribution in [3.8, 4) is 5.75 Å². The van der Waals surface area contributed by atoms with Crippen molar-refractivity contribution in [3.63, 3.8) is 0 Å². The molecule has 3 rings (SSSR count). The molecule has 1 aliphatic rings. The molecule has 0 saturated carbocycles. The van der Waals surface area contributed by atoms with E-state index in [0.717, 1.165) is 25.3 Å². The monoisotopic (exact) mass is 246 g/mol. The van der Waals surface area contributed by atoms with Crippen LogP contribution >= 0.6 is 0 Å². The number of pyridine rings is 1. The topological polar surface area (TPSA) is 53.7 Å². The van der Waals surface area contributed by atoms with Crippen LogP contribution < -0.4 is 0 Å². The van der Waals surface area contributed by atoms with Crippen LogP contribution in [0.2, 0.25) is 0 Å². The Morgan fingerprint density at radius 1 is 1.50 bits per heavy atom. The molecule has 1 saturated heterocycles. The predicted molar refractivity (Wildman–Crippen MR) is 68.6 cm³/mol. The molecule has 1 aliphatic heterocycles. The molecule has 3 heterocycles. The van der Waals surface area contributed by atoms with Gasteiger partial charge in [0, 0.05) is 19.2 Å². The average Bonchev–Trinajstić information content (AvgIpc) is 2.96. The third-order valence-corrected chi connectivity index (χ3v) is 3.67. The van der Waals surface area contributed by atoms with Crippen molar-refractivity contribution in [1.82, 2.24) is 19.5 Å². The standard InChI is InChI=1S/C13H18N4O/c1-2-16-7-5-10(9-16)8-12-14-13-11(18)4-3-6-17(13)15-12/h3-4,6,10,18H,2,5,7-9H2,1H3. The number of aromatic nitrogens is 3. The van der Waals surface area contributed by atoms with E-state index >= 15 is 0 Å². The average molecular weight is 246 g/mol. The zero-order valence-corrected chi connectivity index (χ0v) is 10.6. The molecule has 1 atom stereocenters. The fourth-order valence-electron chi connectivity index (χ4n) is 2.65. The highest BCUT2D eigenvalue weighted by atomic mass is 16.3. The van der Waals surface area contributed by atoms with Gasteiger partial charge in [0.05, 0.1) is 0 Å². The molecule has 1 N–H and O–H groups in total. The van der Waals surface area contributed by atoms with Gasteiger partial charge in [-0.15, -0.1) is 0 Å². The minimum absolute atomic E-state index is 0.192. The van der Waals surface area contributed by atoms with E-state index in [1.807, 2.05) is 6.20 Å². The number of aromatic hydroxyl groups is 1. The highest BCUT2D eigenvalue weighted by Crippen LogP contribution is 2.21. The molecule has 0 aliphatic carbocycles. The molecule has 5 heteroatoms. The van der Waals surface area contributed by atoms with Gasteiger partial charge in [0.2, 0.25) is 0 Å². The predicted octanol–water partition coefficient (Wildman–Crippen LogP) is 1.32. The van der Waals surface area contributed by atoms with Crippen LogP contribution in [0.15, 0.2) is 18.3 Å². The summed E-state index contributed by atoms with van der Waals surface area (Å²) in [5.41, 5.74) is 0.554. The summed E-state index contributed by atoms with van der Waals surface area (Å²) < 4.78 is 1.65. The van der Waals surface area contributed by atoms with Crippen LogP contribution in [0.3, 0.4) is 0 Å². The van der Waals surface area contributed by atoms with Crippen molar-refractivity contribution in [3.05, 3.63) is 24.2 Å². The molecular weight excluding hydrogens is 228 g/mol. The summed E-state index contributed by atoms with van der Waals surface area (Å²) in [5, 5.41) is 14.1. The first-order valence-corrected chi connectivity index (χ1v) is 6.52. The van der Waals surface area contributed by atoms with E-state index in [-0.39, 0.29) is 5.75 Å². The summed E-state index contributed by atoms with van der Waals surface area (Å²) >= 11 is 0. The molecule has 2 aromatic rings. The second kappa shape index (κ2) is 4.57. The molecule has 0 radical (unpaired) electrons. The van der Waals surface area contributed by atoms with Crippen LogP contribution in [0.5, 0.6) is 5.75 Å². The van der Waals surface area contributed by atoms with E-state index in [4.69, 9.17) is 0 Å². The number of nitrogens with zero attached hydrogens (tertiary/aromatic N) is 4. The summed E-state index contributed by atoms with van der Waals surface area (Å²) in [6.45, 7) is 5.64. The van der Waals surface area contributed by atoms with Gasteiger partial charge in [-0.25, -0.2) is 9.50 Å². The number of rotatable bonds is 3. The molecule has 1 unspecified atom stereocenters. The quantitative estimate of drug-likeness (QED) is 0.887. The normalized spacial score (nSPS) is 20.8. The van der Waals surface area contributed by atoms with Gasteiger partial charge in [-0.3, -0.25) is 0 Å².